The highest BCUT2D eigenvalue weighted by molar-refractivity contribution is 7.46. The molecule has 4 aromatic rings. The lowest BCUT2D eigenvalue weighted by Crippen LogP contribution is -2.06. The Balaban J connectivity index is 1.77. The molecular weight excluding hydrogens is 514 g/mol. The molecule has 6 nitrogen and oxygen atoms in total. The van der Waals surface area contributed by atoms with Crippen molar-refractivity contribution < 1.29 is 32.8 Å². The van der Waals surface area contributed by atoms with Crippen molar-refractivity contribution in [2.24, 2.45) is 0 Å². The number of halogens is 1. The number of ketones is 1. The van der Waals surface area contributed by atoms with Crippen LogP contribution in [0.5, 0.6) is 17.2 Å². The molecule has 0 saturated heterocycles. The zero-order valence-electron chi connectivity index (χ0n) is 20.8. The van der Waals surface area contributed by atoms with Gasteiger partial charge in [0.2, 0.25) is 5.78 Å². The zero-order chi connectivity index (χ0) is 26.7. The number of phosphoric acid groups is 1. The summed E-state index contributed by atoms with van der Waals surface area (Å²) in [5.74, 6) is 0.112. The molecule has 0 fully saturated rings. The van der Waals surface area contributed by atoms with Crippen molar-refractivity contribution >= 4 is 35.0 Å². The van der Waals surface area contributed by atoms with E-state index in [0.717, 1.165) is 30.6 Å². The lowest BCUT2D eigenvalue weighted by atomic mass is 9.97. The number of phosphoric ester groups is 1. The molecule has 0 saturated carbocycles. The van der Waals surface area contributed by atoms with Crippen LogP contribution in [-0.2, 0) is 11.0 Å². The van der Waals surface area contributed by atoms with Crippen LogP contribution in [0.1, 0.15) is 58.1 Å². The van der Waals surface area contributed by atoms with Crippen LogP contribution in [0.2, 0.25) is 0 Å². The molecule has 3 aromatic carbocycles. The van der Waals surface area contributed by atoms with Crippen molar-refractivity contribution in [3.05, 3.63) is 87.5 Å². The van der Waals surface area contributed by atoms with Gasteiger partial charge in [0, 0.05) is 15.6 Å². The number of fused-ring (bicyclic) bond motifs is 1. The third-order valence-electron chi connectivity index (χ3n) is 5.98. The minimum absolute atomic E-state index is 0.0294. The Labute approximate surface area is 218 Å². The van der Waals surface area contributed by atoms with Gasteiger partial charge in [-0.15, -0.1) is 11.3 Å². The van der Waals surface area contributed by atoms with Gasteiger partial charge in [0.05, 0.1) is 0 Å². The smallest absolute Gasteiger partial charge is 0.455 e. The average molecular weight is 543 g/mol. The molecule has 0 amide bonds. The topological polar surface area (TPSA) is 93.1 Å². The van der Waals surface area contributed by atoms with Crippen molar-refractivity contribution in [3.8, 4) is 17.2 Å². The number of hydrogen-bond acceptors (Lipinski definition) is 5. The maximum absolute atomic E-state index is 13.9. The summed E-state index contributed by atoms with van der Waals surface area (Å²) in [5.41, 5.74) is 2.60. The van der Waals surface area contributed by atoms with Crippen LogP contribution < -0.4 is 9.26 Å². The molecule has 0 aliphatic carbocycles. The highest BCUT2D eigenvalue weighted by Crippen LogP contribution is 2.45. The zero-order valence-corrected chi connectivity index (χ0v) is 22.5. The van der Waals surface area contributed by atoms with E-state index in [9.17, 15) is 23.5 Å². The molecular formula is C28H28FO6PS. The van der Waals surface area contributed by atoms with Crippen molar-refractivity contribution in [1.29, 1.82) is 0 Å². The Bertz CT molecular complexity index is 1470. The third kappa shape index (κ3) is 6.46. The number of carbonyl (C=O) groups is 1. The predicted octanol–water partition coefficient (Wildman–Crippen LogP) is 7.88. The van der Waals surface area contributed by atoms with E-state index in [4.69, 9.17) is 9.26 Å². The van der Waals surface area contributed by atoms with Crippen molar-refractivity contribution in [2.75, 3.05) is 0 Å². The molecule has 2 N–H and O–H groups in total. The SMILES string of the molecule is CCCCCc1ccc(Oc2c(C(=O)c3c(C)cc(F)cc3C)sc3cc(OP(=O)(O)O)ccc23)cc1. The summed E-state index contributed by atoms with van der Waals surface area (Å²) in [7, 11) is -4.75. The van der Waals surface area contributed by atoms with Crippen molar-refractivity contribution in [2.45, 2.75) is 46.5 Å². The minimum atomic E-state index is -4.75. The first kappa shape index (κ1) is 27.0. The number of rotatable bonds is 10. The fourth-order valence-corrected chi connectivity index (χ4v) is 5.79. The summed E-state index contributed by atoms with van der Waals surface area (Å²) in [4.78, 5) is 32.4. The number of unbranched alkanes of at least 4 members (excludes halogenated alkanes) is 2. The Morgan fingerprint density at radius 3 is 2.24 bits per heavy atom. The van der Waals surface area contributed by atoms with Gasteiger partial charge in [-0.25, -0.2) is 8.96 Å². The monoisotopic (exact) mass is 542 g/mol. The maximum Gasteiger partial charge on any atom is 0.524 e. The van der Waals surface area contributed by atoms with Gasteiger partial charge in [-0.2, -0.15) is 0 Å². The lowest BCUT2D eigenvalue weighted by molar-refractivity contribution is 0.103. The second-order valence-electron chi connectivity index (χ2n) is 8.95. The lowest BCUT2D eigenvalue weighted by Gasteiger charge is -2.11. The standard InChI is InChI=1S/C28H28FO6PS/c1-4-5-6-7-19-8-10-21(11-9-19)34-27-23-13-12-22(35-36(31,32)33)16-24(23)37-28(27)26(30)25-17(2)14-20(29)15-18(25)3/h8-16H,4-7H2,1-3H3,(H2,31,32,33). The minimum Gasteiger partial charge on any atom is -0.455 e. The Morgan fingerprint density at radius 1 is 0.973 bits per heavy atom. The second kappa shape index (κ2) is 11.2. The Kier molecular flexibility index (Phi) is 8.14. The molecule has 0 aliphatic rings. The van der Waals surface area contributed by atoms with Gasteiger partial charge in [0.15, 0.2) is 5.75 Å². The molecule has 0 atom stereocenters. The molecule has 194 valence electrons. The average Bonchev–Trinajstić information content (AvgIpc) is 3.16. The van der Waals surface area contributed by atoms with E-state index >= 15 is 0 Å². The number of hydrogen-bond donors (Lipinski definition) is 2. The normalized spacial score (nSPS) is 11.6. The van der Waals surface area contributed by atoms with E-state index in [1.54, 1.807) is 19.9 Å². The van der Waals surface area contributed by atoms with Crippen LogP contribution in [0.25, 0.3) is 10.1 Å². The number of ether oxygens (including phenoxy) is 1. The van der Waals surface area contributed by atoms with Gasteiger partial charge in [-0.1, -0.05) is 31.9 Å². The number of thiophene rings is 1. The van der Waals surface area contributed by atoms with E-state index in [1.165, 1.54) is 36.2 Å². The second-order valence-corrected chi connectivity index (χ2v) is 11.2. The largest absolute Gasteiger partial charge is 0.524 e. The van der Waals surface area contributed by atoms with Crippen molar-refractivity contribution in [1.82, 2.24) is 0 Å². The molecule has 37 heavy (non-hydrogen) atoms. The van der Waals surface area contributed by atoms with E-state index in [2.05, 4.69) is 6.92 Å². The van der Waals surface area contributed by atoms with Gasteiger partial charge in [0.25, 0.3) is 0 Å². The summed E-state index contributed by atoms with van der Waals surface area (Å²) in [5, 5.41) is 0.593. The number of carbonyl (C=O) groups excluding carboxylic acids is 1. The first-order chi connectivity index (χ1) is 17.6. The van der Waals surface area contributed by atoms with Gasteiger partial charge >= 0.3 is 7.82 Å². The number of aryl methyl sites for hydroxylation is 3. The summed E-state index contributed by atoms with van der Waals surface area (Å²) in [6.07, 6.45) is 4.41. The quantitative estimate of drug-likeness (QED) is 0.120. The van der Waals surface area contributed by atoms with E-state index in [1.807, 2.05) is 24.3 Å². The fourth-order valence-electron chi connectivity index (χ4n) is 4.30. The first-order valence-electron chi connectivity index (χ1n) is 12.0. The molecule has 1 heterocycles. The highest BCUT2D eigenvalue weighted by atomic mass is 32.1. The number of benzene rings is 3. The van der Waals surface area contributed by atoms with E-state index in [0.29, 0.717) is 43.2 Å². The van der Waals surface area contributed by atoms with Crippen molar-refractivity contribution in [3.63, 3.8) is 0 Å². The molecule has 0 aliphatic heterocycles. The summed E-state index contributed by atoms with van der Waals surface area (Å²) >= 11 is 1.12. The van der Waals surface area contributed by atoms with Crippen LogP contribution in [0.15, 0.2) is 54.6 Å². The maximum atomic E-state index is 13.9. The van der Waals surface area contributed by atoms with Crippen LogP contribution in [0, 0.1) is 19.7 Å². The Morgan fingerprint density at radius 2 is 1.62 bits per heavy atom. The first-order valence-corrected chi connectivity index (χ1v) is 14.3. The third-order valence-corrected chi connectivity index (χ3v) is 7.56. The highest BCUT2D eigenvalue weighted by Gasteiger charge is 2.26. The van der Waals surface area contributed by atoms with Gasteiger partial charge < -0.3 is 9.26 Å². The molecule has 0 bridgehead atoms. The summed E-state index contributed by atoms with van der Waals surface area (Å²) in [6, 6.07) is 14.8. The van der Waals surface area contributed by atoms with Gasteiger partial charge in [-0.3, -0.25) is 14.6 Å². The van der Waals surface area contributed by atoms with E-state index in [-0.39, 0.29) is 11.5 Å². The molecule has 4 rings (SSSR count). The van der Waals surface area contributed by atoms with E-state index < -0.39 is 13.6 Å². The fraction of sp³-hybridized carbons (Fsp3) is 0.250. The summed E-state index contributed by atoms with van der Waals surface area (Å²) < 4.78 is 36.8. The molecule has 0 radical (unpaired) electrons. The molecule has 9 heteroatoms. The predicted molar refractivity (Wildman–Crippen MR) is 144 cm³/mol. The van der Waals surface area contributed by atoms with Crippen LogP contribution in [0.3, 0.4) is 0 Å². The Hall–Kier alpha value is -3.03. The van der Waals surface area contributed by atoms with Crippen LogP contribution in [0.4, 0.5) is 4.39 Å². The van der Waals surface area contributed by atoms with Crippen LogP contribution >= 0.6 is 19.2 Å². The summed E-state index contributed by atoms with van der Waals surface area (Å²) in [6.45, 7) is 5.53. The molecule has 1 aromatic heterocycles. The molecule has 0 unspecified atom stereocenters. The van der Waals surface area contributed by atoms with Gasteiger partial charge in [-0.05, 0) is 85.8 Å². The van der Waals surface area contributed by atoms with Crippen LogP contribution in [-0.4, -0.2) is 15.6 Å². The molecule has 0 spiro atoms. The van der Waals surface area contributed by atoms with Gasteiger partial charge in [0.1, 0.15) is 22.2 Å².